The molecule has 1 aliphatic rings. The van der Waals surface area contributed by atoms with Gasteiger partial charge in [0.1, 0.15) is 11.0 Å². The summed E-state index contributed by atoms with van der Waals surface area (Å²) in [4.78, 5) is 2.37. The third kappa shape index (κ3) is 8.91. The van der Waals surface area contributed by atoms with Crippen molar-refractivity contribution in [3.8, 4) is 50.2 Å². The fourth-order valence-electron chi connectivity index (χ4n) is 13.0. The van der Waals surface area contributed by atoms with Crippen LogP contribution >= 0.6 is 11.7 Å². The predicted octanol–water partition coefficient (Wildman–Crippen LogP) is 20.8. The van der Waals surface area contributed by atoms with Crippen molar-refractivity contribution >= 4 is 72.4 Å². The Morgan fingerprint density at radius 2 is 1.01 bits per heavy atom. The zero-order valence-electron chi connectivity index (χ0n) is 44.3. The number of para-hydroxylation sites is 2. The van der Waals surface area contributed by atoms with E-state index in [-0.39, 0.29) is 5.41 Å². The summed E-state index contributed by atoms with van der Waals surface area (Å²) in [5.41, 5.74) is 21.5. The number of fused-ring (bicyclic) bond motifs is 9. The van der Waals surface area contributed by atoms with E-state index in [1.165, 1.54) is 147 Å². The van der Waals surface area contributed by atoms with Crippen LogP contribution in [0.2, 0.25) is 0 Å². The van der Waals surface area contributed by atoms with Crippen molar-refractivity contribution < 1.29 is 0 Å². The molecule has 0 bridgehead atoms. The first-order valence-electron chi connectivity index (χ1n) is 28.2. The maximum Gasteiger partial charge on any atom is 0.129 e. The fraction of sp³-hybridized carbons (Fsp3) is 0.194. The summed E-state index contributed by atoms with van der Waals surface area (Å²) < 4.78 is 12.7. The smallest absolute Gasteiger partial charge is 0.129 e. The van der Waals surface area contributed by atoms with E-state index < -0.39 is 0 Å². The molecular weight excluding hydrogens is 953 g/mol. The van der Waals surface area contributed by atoms with E-state index in [2.05, 4.69) is 242 Å². The number of aromatic nitrogens is 3. The van der Waals surface area contributed by atoms with Gasteiger partial charge in [-0.2, -0.15) is 8.75 Å². The number of hydrogen-bond donors (Lipinski definition) is 0. The molecule has 0 saturated heterocycles. The number of benzene rings is 10. The Morgan fingerprint density at radius 1 is 0.442 bits per heavy atom. The van der Waals surface area contributed by atoms with Crippen LogP contribution in [0.15, 0.2) is 218 Å². The fourth-order valence-corrected chi connectivity index (χ4v) is 13.6. The zero-order valence-corrected chi connectivity index (χ0v) is 45.1. The lowest BCUT2D eigenvalue weighted by molar-refractivity contribution is 0.328. The third-order valence-corrected chi connectivity index (χ3v) is 17.3. The molecule has 0 aliphatic heterocycles. The Balaban J connectivity index is 0.914. The monoisotopic (exact) mass is 1020 g/mol. The van der Waals surface area contributed by atoms with Crippen LogP contribution in [0.25, 0.3) is 93.8 Å². The molecule has 77 heavy (non-hydrogen) atoms. The first kappa shape index (κ1) is 48.5. The molecule has 13 rings (SSSR count). The van der Waals surface area contributed by atoms with Crippen LogP contribution in [0.4, 0.5) is 17.1 Å². The van der Waals surface area contributed by atoms with Crippen LogP contribution in [0.5, 0.6) is 0 Å². The van der Waals surface area contributed by atoms with E-state index in [1.807, 2.05) is 0 Å². The molecule has 0 fully saturated rings. The third-order valence-electron chi connectivity index (χ3n) is 16.8. The molecule has 0 radical (unpaired) electrons. The molecule has 0 amide bonds. The average molecular weight is 1020 g/mol. The summed E-state index contributed by atoms with van der Waals surface area (Å²) in [6.07, 6.45) is 14.0. The zero-order chi connectivity index (χ0) is 51.7. The SMILES string of the molecule is CCCCCCC1(CCCCCC)Cc2cc(-c3ccc(N(c4ccc(-c5ccccc5)cc4)c4ccc(-c5cc6c(c7ccccc57)c5ccccc5n6-c5ccccc5)c5nsnc45)cc3)ccc2-c2ccccc21. The largest absolute Gasteiger partial charge is 0.309 e. The van der Waals surface area contributed by atoms with Gasteiger partial charge >= 0.3 is 0 Å². The predicted molar refractivity (Wildman–Crippen MR) is 329 cm³/mol. The lowest BCUT2D eigenvalue weighted by Gasteiger charge is -2.41. The van der Waals surface area contributed by atoms with Gasteiger partial charge in [0, 0.05) is 33.4 Å². The van der Waals surface area contributed by atoms with Gasteiger partial charge in [-0.25, -0.2) is 0 Å². The van der Waals surface area contributed by atoms with Crippen LogP contribution < -0.4 is 4.90 Å². The van der Waals surface area contributed by atoms with Crippen LogP contribution in [0, 0.1) is 0 Å². The Hall–Kier alpha value is -8.12. The number of hydrogen-bond acceptors (Lipinski definition) is 4. The number of unbranched alkanes of at least 4 members (excludes halogenated alkanes) is 6. The van der Waals surface area contributed by atoms with Gasteiger partial charge in [-0.3, -0.25) is 0 Å². The van der Waals surface area contributed by atoms with E-state index in [0.29, 0.717) is 0 Å². The van der Waals surface area contributed by atoms with Crippen LogP contribution in [0.3, 0.4) is 0 Å². The van der Waals surface area contributed by atoms with Crippen molar-refractivity contribution in [2.75, 3.05) is 4.90 Å². The molecule has 0 N–H and O–H groups in total. The Kier molecular flexibility index (Phi) is 13.3. The Bertz CT molecular complexity index is 4030. The standard InChI is InChI=1S/C72H64N4S/c1-3-5-7-21-45-72(46-22-8-6-4-2)49-54-47-53(37-42-58(54)60-28-17-19-31-65(60)72)52-35-40-57(41-36-52)75(56-38-33-51(34-39-56)50-23-11-9-12-24-50)67-44-43-62(70-71(67)74-77-73-70)64-48-68-69(61-29-16-15-27-59(61)64)63-30-18-20-32-66(63)76(68)55-25-13-10-14-26-55/h9-20,23-44,47-48H,3-8,21-22,45-46,49H2,1-2H3. The second-order valence-electron chi connectivity index (χ2n) is 21.4. The van der Waals surface area contributed by atoms with E-state index in [4.69, 9.17) is 8.75 Å². The number of nitrogens with zero attached hydrogens (tertiary/aromatic N) is 4. The molecule has 1 aliphatic carbocycles. The molecule has 0 spiro atoms. The second-order valence-corrected chi connectivity index (χ2v) is 22.0. The first-order chi connectivity index (χ1) is 38.1. The number of rotatable bonds is 17. The molecule has 12 aromatic rings. The molecule has 0 atom stereocenters. The highest BCUT2D eigenvalue weighted by Gasteiger charge is 2.38. The van der Waals surface area contributed by atoms with Gasteiger partial charge in [0.15, 0.2) is 0 Å². The van der Waals surface area contributed by atoms with E-state index in [0.717, 1.165) is 51.3 Å². The summed E-state index contributed by atoms with van der Waals surface area (Å²) in [7, 11) is 0. The lowest BCUT2D eigenvalue weighted by Crippen LogP contribution is -2.33. The molecule has 5 heteroatoms. The molecule has 0 saturated carbocycles. The molecule has 2 heterocycles. The maximum atomic E-state index is 5.16. The normalized spacial score (nSPS) is 12.9. The minimum Gasteiger partial charge on any atom is -0.309 e. The van der Waals surface area contributed by atoms with Crippen LogP contribution in [-0.2, 0) is 11.8 Å². The van der Waals surface area contributed by atoms with E-state index in [1.54, 1.807) is 5.56 Å². The van der Waals surface area contributed by atoms with Gasteiger partial charge in [-0.05, 0) is 146 Å². The molecule has 378 valence electrons. The van der Waals surface area contributed by atoms with Gasteiger partial charge in [0.2, 0.25) is 0 Å². The molecule has 10 aromatic carbocycles. The summed E-state index contributed by atoms with van der Waals surface area (Å²) in [6.45, 7) is 4.65. The molecule has 4 nitrogen and oxygen atoms in total. The van der Waals surface area contributed by atoms with Gasteiger partial charge in [0.05, 0.1) is 28.4 Å². The highest BCUT2D eigenvalue weighted by atomic mass is 32.1. The summed E-state index contributed by atoms with van der Waals surface area (Å²) >= 11 is 1.28. The van der Waals surface area contributed by atoms with Crippen LogP contribution in [0.1, 0.15) is 89.2 Å². The van der Waals surface area contributed by atoms with Crippen molar-refractivity contribution in [3.63, 3.8) is 0 Å². The second kappa shape index (κ2) is 21.1. The topological polar surface area (TPSA) is 34.0 Å². The van der Waals surface area contributed by atoms with E-state index in [9.17, 15) is 0 Å². The minimum atomic E-state index is 0.164. The summed E-state index contributed by atoms with van der Waals surface area (Å²) in [6, 6.07) is 80.8. The van der Waals surface area contributed by atoms with Crippen molar-refractivity contribution in [2.45, 2.75) is 89.9 Å². The minimum absolute atomic E-state index is 0.164. The van der Waals surface area contributed by atoms with Crippen molar-refractivity contribution in [1.82, 2.24) is 13.3 Å². The highest BCUT2D eigenvalue weighted by Crippen LogP contribution is 2.51. The van der Waals surface area contributed by atoms with Gasteiger partial charge in [0.25, 0.3) is 0 Å². The quantitative estimate of drug-likeness (QED) is 0.0853. The van der Waals surface area contributed by atoms with Crippen molar-refractivity contribution in [2.24, 2.45) is 0 Å². The Morgan fingerprint density at radius 3 is 1.73 bits per heavy atom. The summed E-state index contributed by atoms with van der Waals surface area (Å²) in [5, 5.41) is 4.91. The van der Waals surface area contributed by atoms with Crippen molar-refractivity contribution in [3.05, 3.63) is 230 Å². The Labute approximate surface area is 457 Å². The van der Waals surface area contributed by atoms with Gasteiger partial charge < -0.3 is 9.47 Å². The number of anilines is 3. The molecular formula is C72H64N4S. The molecule has 0 unspecified atom stereocenters. The van der Waals surface area contributed by atoms with Crippen molar-refractivity contribution in [1.29, 1.82) is 0 Å². The molecule has 2 aromatic heterocycles. The van der Waals surface area contributed by atoms with Gasteiger partial charge in [-0.1, -0.05) is 223 Å². The maximum absolute atomic E-state index is 5.16. The summed E-state index contributed by atoms with van der Waals surface area (Å²) in [5.74, 6) is 0. The van der Waals surface area contributed by atoms with Gasteiger partial charge in [-0.15, -0.1) is 0 Å². The average Bonchev–Trinajstić information content (AvgIpc) is 4.13. The van der Waals surface area contributed by atoms with Crippen LogP contribution in [-0.4, -0.2) is 13.3 Å². The van der Waals surface area contributed by atoms with E-state index >= 15 is 0 Å². The first-order valence-corrected chi connectivity index (χ1v) is 28.9. The lowest BCUT2D eigenvalue weighted by atomic mass is 9.63. The highest BCUT2D eigenvalue weighted by molar-refractivity contribution is 7.00.